The molecular formula is C19H22N4O5S. The lowest BCUT2D eigenvalue weighted by molar-refractivity contribution is -0.123. The van der Waals surface area contributed by atoms with Gasteiger partial charge >= 0.3 is 5.97 Å². The van der Waals surface area contributed by atoms with Crippen molar-refractivity contribution in [2.75, 3.05) is 11.9 Å². The van der Waals surface area contributed by atoms with E-state index < -0.39 is 28.0 Å². The number of ether oxygens (including phenoxy) is 1. The summed E-state index contributed by atoms with van der Waals surface area (Å²) in [4.78, 5) is 24.6. The Morgan fingerprint density at radius 3 is 2.62 bits per heavy atom. The zero-order valence-corrected chi connectivity index (χ0v) is 17.3. The first-order valence-corrected chi connectivity index (χ1v) is 10.1. The largest absolute Gasteiger partial charge is 0.449 e. The third kappa shape index (κ3) is 5.22. The highest BCUT2D eigenvalue weighted by Crippen LogP contribution is 2.19. The molecule has 9 nitrogen and oxygen atoms in total. The molecule has 0 saturated heterocycles. The van der Waals surface area contributed by atoms with Gasteiger partial charge in [-0.1, -0.05) is 12.0 Å². The summed E-state index contributed by atoms with van der Waals surface area (Å²) < 4.78 is 33.3. The van der Waals surface area contributed by atoms with Crippen LogP contribution in [0.15, 0.2) is 29.2 Å². The van der Waals surface area contributed by atoms with Crippen molar-refractivity contribution in [3.05, 3.63) is 41.2 Å². The summed E-state index contributed by atoms with van der Waals surface area (Å²) in [7, 11) is -2.11. The number of aryl methyl sites for hydroxylation is 2. The summed E-state index contributed by atoms with van der Waals surface area (Å²) in [5.74, 6) is 0.804. The Morgan fingerprint density at radius 1 is 1.34 bits per heavy atom. The molecule has 0 aliphatic carbocycles. The number of hydrogen-bond donors (Lipinski definition) is 2. The van der Waals surface area contributed by atoms with Crippen molar-refractivity contribution in [2.24, 2.45) is 7.05 Å². The molecule has 1 unspecified atom stereocenters. The second-order valence-electron chi connectivity index (χ2n) is 6.26. The molecule has 0 spiro atoms. The quantitative estimate of drug-likeness (QED) is 0.514. The van der Waals surface area contributed by atoms with Gasteiger partial charge in [0.2, 0.25) is 10.0 Å². The van der Waals surface area contributed by atoms with Crippen LogP contribution in [0.5, 0.6) is 0 Å². The second-order valence-corrected chi connectivity index (χ2v) is 8.03. The van der Waals surface area contributed by atoms with E-state index in [1.54, 1.807) is 25.6 Å². The van der Waals surface area contributed by atoms with Crippen LogP contribution in [0.3, 0.4) is 0 Å². The van der Waals surface area contributed by atoms with Crippen molar-refractivity contribution < 1.29 is 22.7 Å². The summed E-state index contributed by atoms with van der Waals surface area (Å²) >= 11 is 0. The molecule has 154 valence electrons. The molecule has 0 aliphatic rings. The molecule has 10 heteroatoms. The van der Waals surface area contributed by atoms with Gasteiger partial charge in [0.05, 0.1) is 34.1 Å². The van der Waals surface area contributed by atoms with E-state index in [4.69, 9.17) is 11.2 Å². The average Bonchev–Trinajstić information content (AvgIpc) is 2.92. The summed E-state index contributed by atoms with van der Waals surface area (Å²) in [5, 5.41) is 6.90. The summed E-state index contributed by atoms with van der Waals surface area (Å²) in [6.07, 6.45) is 3.95. The molecule has 1 aromatic carbocycles. The van der Waals surface area contributed by atoms with Crippen LogP contribution < -0.4 is 10.0 Å². The van der Waals surface area contributed by atoms with Gasteiger partial charge in [-0.25, -0.2) is 13.2 Å². The maximum atomic E-state index is 12.4. The van der Waals surface area contributed by atoms with Crippen molar-refractivity contribution in [3.63, 3.8) is 0 Å². The number of terminal acetylenes is 1. The van der Waals surface area contributed by atoms with Gasteiger partial charge in [0.25, 0.3) is 5.91 Å². The van der Waals surface area contributed by atoms with Crippen molar-refractivity contribution in [1.29, 1.82) is 0 Å². The highest BCUT2D eigenvalue weighted by atomic mass is 32.2. The molecule has 0 aliphatic heterocycles. The Kier molecular flexibility index (Phi) is 6.79. The van der Waals surface area contributed by atoms with Crippen molar-refractivity contribution in [2.45, 2.75) is 31.8 Å². The van der Waals surface area contributed by atoms with Crippen LogP contribution in [0.2, 0.25) is 0 Å². The Hall–Kier alpha value is -3.16. The van der Waals surface area contributed by atoms with E-state index in [0.29, 0.717) is 11.4 Å². The van der Waals surface area contributed by atoms with E-state index in [0.717, 1.165) is 11.8 Å². The molecule has 0 saturated carbocycles. The molecule has 0 radical (unpaired) electrons. The Balaban J connectivity index is 2.10. The Morgan fingerprint density at radius 2 is 2.03 bits per heavy atom. The molecule has 1 aromatic heterocycles. The number of nitrogens with one attached hydrogen (secondary N) is 2. The Bertz CT molecular complexity index is 1080. The molecule has 1 atom stereocenters. The number of esters is 1. The average molecular weight is 418 g/mol. The van der Waals surface area contributed by atoms with Gasteiger partial charge < -0.3 is 10.1 Å². The molecule has 0 bridgehead atoms. The lowest BCUT2D eigenvalue weighted by atomic mass is 10.2. The first-order valence-electron chi connectivity index (χ1n) is 8.62. The van der Waals surface area contributed by atoms with Crippen LogP contribution in [-0.2, 0) is 26.6 Å². The lowest BCUT2D eigenvalue weighted by Crippen LogP contribution is -2.30. The van der Waals surface area contributed by atoms with Gasteiger partial charge in [-0.3, -0.25) is 9.48 Å². The summed E-state index contributed by atoms with van der Waals surface area (Å²) in [6, 6.07) is 5.26. The monoisotopic (exact) mass is 418 g/mol. The number of rotatable bonds is 7. The standard InChI is InChI=1S/C19H22N4O5S/c1-6-10-20-29(26,27)16-9-7-8-15(11-16)19(25)28-14(4)18(24)21-17-12(2)22-23(5)13(17)3/h1,7-9,11,14,20H,10H2,2-5H3,(H,21,24). The fourth-order valence-electron chi connectivity index (χ4n) is 2.47. The van der Waals surface area contributed by atoms with Gasteiger partial charge in [0.1, 0.15) is 0 Å². The van der Waals surface area contributed by atoms with Crippen molar-refractivity contribution in [3.8, 4) is 12.3 Å². The first-order chi connectivity index (χ1) is 13.6. The third-order valence-electron chi connectivity index (χ3n) is 4.15. The molecule has 1 heterocycles. The summed E-state index contributed by atoms with van der Waals surface area (Å²) in [6.45, 7) is 4.79. The maximum absolute atomic E-state index is 12.4. The van der Waals surface area contributed by atoms with Crippen molar-refractivity contribution in [1.82, 2.24) is 14.5 Å². The van der Waals surface area contributed by atoms with Gasteiger partial charge in [0.15, 0.2) is 6.10 Å². The van der Waals surface area contributed by atoms with E-state index in [9.17, 15) is 18.0 Å². The van der Waals surface area contributed by atoms with E-state index >= 15 is 0 Å². The number of benzene rings is 1. The van der Waals surface area contributed by atoms with E-state index in [2.05, 4.69) is 21.1 Å². The number of aromatic nitrogens is 2. The highest BCUT2D eigenvalue weighted by Gasteiger charge is 2.23. The number of anilines is 1. The molecule has 29 heavy (non-hydrogen) atoms. The normalized spacial score (nSPS) is 12.1. The lowest BCUT2D eigenvalue weighted by Gasteiger charge is -2.14. The highest BCUT2D eigenvalue weighted by molar-refractivity contribution is 7.89. The topological polar surface area (TPSA) is 119 Å². The molecule has 0 fully saturated rings. The SMILES string of the molecule is C#CCNS(=O)(=O)c1cccc(C(=O)OC(C)C(=O)Nc2c(C)nn(C)c2C)c1. The molecule has 2 aromatic rings. The zero-order valence-electron chi connectivity index (χ0n) is 16.5. The fraction of sp³-hybridized carbons (Fsp3) is 0.316. The number of sulfonamides is 1. The van der Waals surface area contributed by atoms with E-state index in [-0.39, 0.29) is 17.0 Å². The number of nitrogens with zero attached hydrogens (tertiary/aromatic N) is 2. The predicted octanol–water partition coefficient (Wildman–Crippen LogP) is 1.13. The zero-order chi connectivity index (χ0) is 21.8. The minimum absolute atomic E-state index is 0.0121. The molecular weight excluding hydrogens is 396 g/mol. The number of amides is 1. The first kappa shape index (κ1) is 22.1. The van der Waals surface area contributed by atoms with Crippen LogP contribution >= 0.6 is 0 Å². The van der Waals surface area contributed by atoms with Crippen LogP contribution in [0, 0.1) is 26.2 Å². The minimum atomic E-state index is -3.86. The van der Waals surface area contributed by atoms with Gasteiger partial charge in [-0.05, 0) is 39.0 Å². The van der Waals surface area contributed by atoms with Crippen LogP contribution in [-0.4, -0.2) is 42.7 Å². The third-order valence-corrected chi connectivity index (χ3v) is 5.55. The van der Waals surface area contributed by atoms with Gasteiger partial charge in [0, 0.05) is 7.05 Å². The van der Waals surface area contributed by atoms with Crippen LogP contribution in [0.25, 0.3) is 0 Å². The molecule has 2 N–H and O–H groups in total. The maximum Gasteiger partial charge on any atom is 0.338 e. The van der Waals surface area contributed by atoms with Gasteiger partial charge in [-0.2, -0.15) is 9.82 Å². The van der Waals surface area contributed by atoms with Crippen molar-refractivity contribution >= 4 is 27.6 Å². The smallest absolute Gasteiger partial charge is 0.338 e. The summed E-state index contributed by atoms with van der Waals surface area (Å²) in [5.41, 5.74) is 1.93. The fourth-order valence-corrected chi connectivity index (χ4v) is 3.45. The van der Waals surface area contributed by atoms with Crippen LogP contribution in [0.4, 0.5) is 5.69 Å². The molecule has 1 amide bonds. The minimum Gasteiger partial charge on any atom is -0.449 e. The second kappa shape index (κ2) is 8.89. The number of hydrogen-bond acceptors (Lipinski definition) is 6. The molecule has 2 rings (SSSR count). The Labute approximate surface area is 169 Å². The van der Waals surface area contributed by atoms with Gasteiger partial charge in [-0.15, -0.1) is 6.42 Å². The predicted molar refractivity (Wildman–Crippen MR) is 107 cm³/mol. The van der Waals surface area contributed by atoms with E-state index in [1.807, 2.05) is 0 Å². The number of carbonyl (C=O) groups excluding carboxylic acids is 2. The number of carbonyl (C=O) groups is 2. The van der Waals surface area contributed by atoms with Crippen LogP contribution in [0.1, 0.15) is 28.7 Å². The van der Waals surface area contributed by atoms with E-state index in [1.165, 1.54) is 25.1 Å².